The molecule has 2 aromatic heterocycles. The molecule has 1 fully saturated rings. The molecule has 0 radical (unpaired) electrons. The molecular weight excluding hydrogens is 333 g/mol. The zero-order chi connectivity index (χ0) is 18.0. The van der Waals surface area contributed by atoms with E-state index in [0.29, 0.717) is 11.7 Å². The minimum Gasteiger partial charge on any atom is -0.367 e. The summed E-state index contributed by atoms with van der Waals surface area (Å²) in [5, 5.41) is 10.8. The van der Waals surface area contributed by atoms with E-state index in [1.165, 1.54) is 0 Å². The van der Waals surface area contributed by atoms with Crippen LogP contribution in [-0.2, 0) is 6.18 Å². The quantitative estimate of drug-likeness (QED) is 0.904. The number of rotatable bonds is 4. The Morgan fingerprint density at radius 1 is 1.08 bits per heavy atom. The fourth-order valence-electron chi connectivity index (χ4n) is 3.09. The molecular formula is C16H21F3N6. The van der Waals surface area contributed by atoms with Gasteiger partial charge in [-0.1, -0.05) is 13.8 Å². The molecule has 25 heavy (non-hydrogen) atoms. The summed E-state index contributed by atoms with van der Waals surface area (Å²) in [5.41, 5.74) is 0.392. The zero-order valence-electron chi connectivity index (χ0n) is 14.2. The van der Waals surface area contributed by atoms with Gasteiger partial charge in [0.1, 0.15) is 18.5 Å². The molecule has 3 rings (SSSR count). The third-order valence-corrected chi connectivity index (χ3v) is 4.50. The van der Waals surface area contributed by atoms with Crippen molar-refractivity contribution in [2.75, 3.05) is 5.32 Å². The highest BCUT2D eigenvalue weighted by atomic mass is 19.4. The molecule has 0 amide bonds. The van der Waals surface area contributed by atoms with Gasteiger partial charge in [-0.2, -0.15) is 13.2 Å². The summed E-state index contributed by atoms with van der Waals surface area (Å²) in [6, 6.07) is 2.06. The summed E-state index contributed by atoms with van der Waals surface area (Å²) in [5.74, 6) is -0.938. The van der Waals surface area contributed by atoms with Gasteiger partial charge in [0.25, 0.3) is 0 Å². The van der Waals surface area contributed by atoms with Crippen molar-refractivity contribution in [3.63, 3.8) is 0 Å². The molecule has 0 unspecified atom stereocenters. The highest BCUT2D eigenvalue weighted by Crippen LogP contribution is 2.32. The lowest BCUT2D eigenvalue weighted by molar-refractivity contribution is -0.145. The maximum absolute atomic E-state index is 13.0. The van der Waals surface area contributed by atoms with E-state index in [2.05, 4.69) is 25.5 Å². The molecule has 1 aliphatic rings. The molecule has 1 saturated carbocycles. The van der Waals surface area contributed by atoms with E-state index >= 15 is 0 Å². The van der Waals surface area contributed by atoms with E-state index in [-0.39, 0.29) is 17.8 Å². The van der Waals surface area contributed by atoms with Crippen LogP contribution < -0.4 is 5.32 Å². The Morgan fingerprint density at radius 2 is 1.72 bits per heavy atom. The van der Waals surface area contributed by atoms with Crippen LogP contribution in [0.4, 0.5) is 19.0 Å². The van der Waals surface area contributed by atoms with E-state index in [9.17, 15) is 13.2 Å². The highest BCUT2D eigenvalue weighted by molar-refractivity contribution is 5.38. The number of hydrogen-bond donors (Lipinski definition) is 1. The third-order valence-electron chi connectivity index (χ3n) is 4.50. The van der Waals surface area contributed by atoms with Crippen molar-refractivity contribution >= 4 is 5.82 Å². The van der Waals surface area contributed by atoms with Gasteiger partial charge >= 0.3 is 6.18 Å². The average molecular weight is 354 g/mol. The van der Waals surface area contributed by atoms with E-state index in [1.54, 1.807) is 18.7 Å². The predicted molar refractivity (Wildman–Crippen MR) is 86.1 cm³/mol. The van der Waals surface area contributed by atoms with Gasteiger partial charge in [0.15, 0.2) is 0 Å². The first-order chi connectivity index (χ1) is 11.8. The zero-order valence-corrected chi connectivity index (χ0v) is 14.2. The average Bonchev–Trinajstić information content (AvgIpc) is 3.09. The van der Waals surface area contributed by atoms with Gasteiger partial charge in [0, 0.05) is 23.8 Å². The smallest absolute Gasteiger partial charge is 0.367 e. The fraction of sp³-hybridized carbons (Fsp3) is 0.625. The third kappa shape index (κ3) is 4.26. The standard InChI is InChI=1S/C16H21F3N6/c1-10(2)13-7-14(24-15(23-13)16(17,18)19)22-11-3-5-12(6-4-11)25-8-20-21-9-25/h7-12H,3-6H2,1-2H3,(H,22,23,24). The van der Waals surface area contributed by atoms with Gasteiger partial charge in [0.05, 0.1) is 0 Å². The second-order valence-electron chi connectivity index (χ2n) is 6.71. The van der Waals surface area contributed by atoms with Crippen molar-refractivity contribution < 1.29 is 13.2 Å². The van der Waals surface area contributed by atoms with Crippen LogP contribution >= 0.6 is 0 Å². The molecule has 1 N–H and O–H groups in total. The summed E-state index contributed by atoms with van der Waals surface area (Å²) >= 11 is 0. The second kappa shape index (κ2) is 6.97. The number of halogens is 3. The lowest BCUT2D eigenvalue weighted by Gasteiger charge is -2.30. The van der Waals surface area contributed by atoms with Crippen molar-refractivity contribution in [2.45, 2.75) is 63.7 Å². The molecule has 6 nitrogen and oxygen atoms in total. The van der Waals surface area contributed by atoms with Crippen molar-refractivity contribution in [3.8, 4) is 0 Å². The Hall–Kier alpha value is -2.19. The van der Waals surface area contributed by atoms with Crippen molar-refractivity contribution in [1.29, 1.82) is 0 Å². The van der Waals surface area contributed by atoms with Crippen LogP contribution in [0.25, 0.3) is 0 Å². The van der Waals surface area contributed by atoms with Gasteiger partial charge in [0.2, 0.25) is 5.82 Å². The molecule has 0 aliphatic heterocycles. The Bertz CT molecular complexity index is 690. The van der Waals surface area contributed by atoms with Crippen LogP contribution in [0.2, 0.25) is 0 Å². The summed E-state index contributed by atoms with van der Waals surface area (Å²) in [6.45, 7) is 3.63. The first-order valence-electron chi connectivity index (χ1n) is 8.39. The highest BCUT2D eigenvalue weighted by Gasteiger charge is 2.36. The summed E-state index contributed by atoms with van der Waals surface area (Å²) in [4.78, 5) is 7.33. The maximum Gasteiger partial charge on any atom is 0.451 e. The Labute approximate surface area is 143 Å². The minimum absolute atomic E-state index is 0.101. The van der Waals surface area contributed by atoms with E-state index in [4.69, 9.17) is 0 Å². The van der Waals surface area contributed by atoms with Gasteiger partial charge in [-0.3, -0.25) is 0 Å². The Balaban J connectivity index is 1.69. The Kier molecular flexibility index (Phi) is 4.91. The van der Waals surface area contributed by atoms with Crippen LogP contribution in [0.15, 0.2) is 18.7 Å². The predicted octanol–water partition coefficient (Wildman–Crippen LogP) is 3.81. The Morgan fingerprint density at radius 3 is 2.28 bits per heavy atom. The van der Waals surface area contributed by atoms with Crippen LogP contribution in [0.1, 0.15) is 63.0 Å². The molecule has 0 saturated heterocycles. The topological polar surface area (TPSA) is 68.5 Å². The van der Waals surface area contributed by atoms with Crippen LogP contribution in [0, 0.1) is 0 Å². The van der Waals surface area contributed by atoms with E-state index in [1.807, 2.05) is 18.4 Å². The summed E-state index contributed by atoms with van der Waals surface area (Å²) in [7, 11) is 0. The molecule has 0 aromatic carbocycles. The number of hydrogen-bond acceptors (Lipinski definition) is 5. The lowest BCUT2D eigenvalue weighted by atomic mass is 9.91. The number of alkyl halides is 3. The number of nitrogens with one attached hydrogen (secondary N) is 1. The largest absolute Gasteiger partial charge is 0.451 e. The number of aromatic nitrogens is 5. The molecule has 136 valence electrons. The van der Waals surface area contributed by atoms with Crippen molar-refractivity contribution in [2.24, 2.45) is 0 Å². The van der Waals surface area contributed by atoms with Gasteiger partial charge < -0.3 is 9.88 Å². The van der Waals surface area contributed by atoms with Crippen LogP contribution in [0.5, 0.6) is 0 Å². The number of anilines is 1. The maximum atomic E-state index is 13.0. The monoisotopic (exact) mass is 354 g/mol. The van der Waals surface area contributed by atoms with E-state index < -0.39 is 12.0 Å². The SMILES string of the molecule is CC(C)c1cc(NC2CCC(n3cnnc3)CC2)nc(C(F)(F)F)n1. The second-order valence-corrected chi connectivity index (χ2v) is 6.71. The van der Waals surface area contributed by atoms with Crippen molar-refractivity contribution in [3.05, 3.63) is 30.2 Å². The van der Waals surface area contributed by atoms with Crippen LogP contribution in [0.3, 0.4) is 0 Å². The van der Waals surface area contributed by atoms with Gasteiger partial charge in [-0.15, -0.1) is 10.2 Å². The first-order valence-corrected chi connectivity index (χ1v) is 8.39. The van der Waals surface area contributed by atoms with Gasteiger partial charge in [-0.25, -0.2) is 9.97 Å². The first kappa shape index (κ1) is 17.6. The molecule has 2 aromatic rings. The molecule has 9 heteroatoms. The van der Waals surface area contributed by atoms with Crippen molar-refractivity contribution in [1.82, 2.24) is 24.7 Å². The minimum atomic E-state index is -4.55. The lowest BCUT2D eigenvalue weighted by Crippen LogP contribution is -2.28. The molecule has 0 atom stereocenters. The molecule has 2 heterocycles. The summed E-state index contributed by atoms with van der Waals surface area (Å²) in [6.07, 6.45) is 2.40. The summed E-state index contributed by atoms with van der Waals surface area (Å²) < 4.78 is 41.1. The van der Waals surface area contributed by atoms with Crippen LogP contribution in [-0.4, -0.2) is 30.8 Å². The normalized spacial score (nSPS) is 21.5. The molecule has 0 spiro atoms. The van der Waals surface area contributed by atoms with Gasteiger partial charge in [-0.05, 0) is 31.6 Å². The molecule has 1 aliphatic carbocycles. The number of nitrogens with zero attached hydrogens (tertiary/aromatic N) is 5. The fourth-order valence-corrected chi connectivity index (χ4v) is 3.09. The molecule has 0 bridgehead atoms. The van der Waals surface area contributed by atoms with E-state index in [0.717, 1.165) is 25.7 Å².